The number of aryl methyl sites for hydroxylation is 1. The summed E-state index contributed by atoms with van der Waals surface area (Å²) in [6, 6.07) is 13.2. The van der Waals surface area contributed by atoms with Gasteiger partial charge in [0.05, 0.1) is 13.2 Å². The van der Waals surface area contributed by atoms with Crippen LogP contribution in [0.3, 0.4) is 0 Å². The number of carbonyl (C=O) groups is 1. The van der Waals surface area contributed by atoms with Crippen molar-refractivity contribution < 1.29 is 14.6 Å². The fraction of sp³-hybridized carbons (Fsp3) is 0.316. The molecule has 0 aliphatic heterocycles. The lowest BCUT2D eigenvalue weighted by atomic mass is 10.1. The van der Waals surface area contributed by atoms with Crippen molar-refractivity contribution >= 4 is 5.91 Å². The van der Waals surface area contributed by atoms with Crippen molar-refractivity contribution in [2.75, 3.05) is 13.2 Å². The van der Waals surface area contributed by atoms with Crippen molar-refractivity contribution in [2.45, 2.75) is 26.9 Å². The lowest BCUT2D eigenvalue weighted by molar-refractivity contribution is 0.0953. The van der Waals surface area contributed by atoms with Crippen LogP contribution < -0.4 is 10.1 Å². The lowest BCUT2D eigenvalue weighted by Crippen LogP contribution is -2.25. The summed E-state index contributed by atoms with van der Waals surface area (Å²) < 4.78 is 5.52. The van der Waals surface area contributed by atoms with Gasteiger partial charge in [-0.05, 0) is 49.1 Å². The molecule has 0 saturated carbocycles. The van der Waals surface area contributed by atoms with Crippen LogP contribution in [0.4, 0.5) is 0 Å². The third kappa shape index (κ3) is 4.83. The first kappa shape index (κ1) is 17.0. The molecular formula is C19H23NO3. The van der Waals surface area contributed by atoms with E-state index in [2.05, 4.69) is 5.32 Å². The van der Waals surface area contributed by atoms with Gasteiger partial charge >= 0.3 is 0 Å². The van der Waals surface area contributed by atoms with Gasteiger partial charge in [0, 0.05) is 12.1 Å². The summed E-state index contributed by atoms with van der Waals surface area (Å²) >= 11 is 0. The van der Waals surface area contributed by atoms with E-state index in [-0.39, 0.29) is 12.5 Å². The second-order valence-corrected chi connectivity index (χ2v) is 5.39. The summed E-state index contributed by atoms with van der Waals surface area (Å²) in [5.41, 5.74) is 3.64. The molecule has 0 atom stereocenters. The molecule has 0 radical (unpaired) electrons. The smallest absolute Gasteiger partial charge is 0.251 e. The third-order valence-electron chi connectivity index (χ3n) is 3.65. The van der Waals surface area contributed by atoms with E-state index in [1.165, 1.54) is 0 Å². The molecule has 4 heteroatoms. The molecule has 122 valence electrons. The van der Waals surface area contributed by atoms with Crippen molar-refractivity contribution in [1.29, 1.82) is 0 Å². The first-order valence-corrected chi connectivity index (χ1v) is 7.84. The highest BCUT2D eigenvalue weighted by Crippen LogP contribution is 2.19. The molecule has 0 aliphatic carbocycles. The number of hydrogen-bond donors (Lipinski definition) is 2. The average Bonchev–Trinajstić information content (AvgIpc) is 2.57. The largest absolute Gasteiger partial charge is 0.494 e. The zero-order valence-electron chi connectivity index (χ0n) is 13.6. The molecule has 0 aromatic heterocycles. The first-order chi connectivity index (χ1) is 11.1. The molecular weight excluding hydrogens is 290 g/mol. The molecule has 2 aromatic rings. The number of carbonyl (C=O) groups excluding carboxylic acids is 1. The van der Waals surface area contributed by atoms with Crippen LogP contribution in [0.25, 0.3) is 0 Å². The van der Waals surface area contributed by atoms with Gasteiger partial charge in [-0.25, -0.2) is 0 Å². The van der Waals surface area contributed by atoms with Crippen LogP contribution in [0.2, 0.25) is 0 Å². The SMILES string of the molecule is CCOc1cc(C(=O)NCCc2ccc(CO)cc2)ccc1C. The van der Waals surface area contributed by atoms with Gasteiger partial charge in [-0.2, -0.15) is 0 Å². The van der Waals surface area contributed by atoms with Crippen LogP contribution in [0.15, 0.2) is 42.5 Å². The molecule has 0 fully saturated rings. The molecule has 0 saturated heterocycles. The highest BCUT2D eigenvalue weighted by molar-refractivity contribution is 5.94. The van der Waals surface area contributed by atoms with E-state index < -0.39 is 0 Å². The molecule has 23 heavy (non-hydrogen) atoms. The van der Waals surface area contributed by atoms with Crippen LogP contribution in [-0.4, -0.2) is 24.2 Å². The van der Waals surface area contributed by atoms with Crippen molar-refractivity contribution in [1.82, 2.24) is 5.32 Å². The summed E-state index contributed by atoms with van der Waals surface area (Å²) in [6.45, 7) is 5.08. The van der Waals surface area contributed by atoms with Gasteiger partial charge in [-0.15, -0.1) is 0 Å². The van der Waals surface area contributed by atoms with E-state index in [1.807, 2.05) is 50.2 Å². The fourth-order valence-corrected chi connectivity index (χ4v) is 2.29. The maximum atomic E-state index is 12.2. The van der Waals surface area contributed by atoms with E-state index in [9.17, 15) is 4.79 Å². The summed E-state index contributed by atoms with van der Waals surface area (Å²) in [6.07, 6.45) is 0.752. The molecule has 2 aromatic carbocycles. The Morgan fingerprint density at radius 2 is 1.83 bits per heavy atom. The van der Waals surface area contributed by atoms with Crippen molar-refractivity contribution in [3.63, 3.8) is 0 Å². The second-order valence-electron chi connectivity index (χ2n) is 5.39. The summed E-state index contributed by atoms with van der Waals surface area (Å²) in [7, 11) is 0. The van der Waals surface area contributed by atoms with Gasteiger partial charge in [0.1, 0.15) is 5.75 Å². The Morgan fingerprint density at radius 1 is 1.13 bits per heavy atom. The van der Waals surface area contributed by atoms with Crippen molar-refractivity contribution in [2.24, 2.45) is 0 Å². The molecule has 2 N–H and O–H groups in total. The Labute approximate surface area is 137 Å². The van der Waals surface area contributed by atoms with Gasteiger partial charge in [-0.1, -0.05) is 30.3 Å². The highest BCUT2D eigenvalue weighted by Gasteiger charge is 2.08. The topological polar surface area (TPSA) is 58.6 Å². The zero-order chi connectivity index (χ0) is 16.7. The molecule has 0 unspecified atom stereocenters. The van der Waals surface area contributed by atoms with E-state index in [0.29, 0.717) is 18.7 Å². The molecule has 0 aliphatic rings. The van der Waals surface area contributed by atoms with Crippen LogP contribution in [0, 0.1) is 6.92 Å². The summed E-state index contributed by atoms with van der Waals surface area (Å²) in [5, 5.41) is 11.9. The number of rotatable bonds is 7. The first-order valence-electron chi connectivity index (χ1n) is 7.84. The van der Waals surface area contributed by atoms with E-state index >= 15 is 0 Å². The molecule has 1 amide bonds. The Hall–Kier alpha value is -2.33. The number of nitrogens with one attached hydrogen (secondary N) is 1. The summed E-state index contributed by atoms with van der Waals surface area (Å²) in [5.74, 6) is 0.651. The molecule has 0 spiro atoms. The predicted octanol–water partition coefficient (Wildman–Crippen LogP) is 2.86. The van der Waals surface area contributed by atoms with Crippen molar-refractivity contribution in [3.05, 3.63) is 64.7 Å². The van der Waals surface area contributed by atoms with Crippen LogP contribution in [0.5, 0.6) is 5.75 Å². The number of amides is 1. The standard InChI is InChI=1S/C19H23NO3/c1-3-23-18-12-17(9-4-14(18)2)19(22)20-11-10-15-5-7-16(13-21)8-6-15/h4-9,12,21H,3,10-11,13H2,1-2H3,(H,20,22). The Morgan fingerprint density at radius 3 is 2.48 bits per heavy atom. The van der Waals surface area contributed by atoms with E-state index in [0.717, 1.165) is 28.9 Å². The fourth-order valence-electron chi connectivity index (χ4n) is 2.29. The maximum Gasteiger partial charge on any atom is 0.251 e. The quantitative estimate of drug-likeness (QED) is 0.826. The summed E-state index contributed by atoms with van der Waals surface area (Å²) in [4.78, 5) is 12.2. The van der Waals surface area contributed by atoms with E-state index in [4.69, 9.17) is 9.84 Å². The predicted molar refractivity (Wildman–Crippen MR) is 90.8 cm³/mol. The minimum Gasteiger partial charge on any atom is -0.494 e. The van der Waals surface area contributed by atoms with Gasteiger partial charge in [-0.3, -0.25) is 4.79 Å². The van der Waals surface area contributed by atoms with Crippen molar-refractivity contribution in [3.8, 4) is 5.75 Å². The van der Waals surface area contributed by atoms with Gasteiger partial charge in [0.2, 0.25) is 0 Å². The monoisotopic (exact) mass is 313 g/mol. The molecule has 0 bridgehead atoms. The highest BCUT2D eigenvalue weighted by atomic mass is 16.5. The minimum atomic E-state index is -0.0991. The minimum absolute atomic E-state index is 0.0482. The molecule has 4 nitrogen and oxygen atoms in total. The number of aliphatic hydroxyl groups is 1. The number of ether oxygens (including phenoxy) is 1. The van der Waals surface area contributed by atoms with Crippen LogP contribution >= 0.6 is 0 Å². The number of hydrogen-bond acceptors (Lipinski definition) is 3. The average molecular weight is 313 g/mol. The second kappa shape index (κ2) is 8.34. The Balaban J connectivity index is 1.90. The number of aliphatic hydroxyl groups excluding tert-OH is 1. The zero-order valence-corrected chi connectivity index (χ0v) is 13.6. The Kier molecular flexibility index (Phi) is 6.18. The third-order valence-corrected chi connectivity index (χ3v) is 3.65. The molecule has 2 rings (SSSR count). The van der Waals surface area contributed by atoms with E-state index in [1.54, 1.807) is 6.07 Å². The van der Waals surface area contributed by atoms with Crippen LogP contribution in [-0.2, 0) is 13.0 Å². The normalized spacial score (nSPS) is 10.4. The number of benzene rings is 2. The van der Waals surface area contributed by atoms with Gasteiger partial charge in [0.15, 0.2) is 0 Å². The van der Waals surface area contributed by atoms with Gasteiger partial charge in [0.25, 0.3) is 5.91 Å². The van der Waals surface area contributed by atoms with Gasteiger partial charge < -0.3 is 15.2 Å². The van der Waals surface area contributed by atoms with Crippen LogP contribution in [0.1, 0.15) is 34.0 Å². The maximum absolute atomic E-state index is 12.2. The molecule has 0 heterocycles. The lowest BCUT2D eigenvalue weighted by Gasteiger charge is -2.10. The Bertz CT molecular complexity index is 650.